The molecule has 0 spiro atoms. The van der Waals surface area contributed by atoms with E-state index in [2.05, 4.69) is 29.6 Å². The number of halogens is 1. The summed E-state index contributed by atoms with van der Waals surface area (Å²) in [6.45, 7) is 3.14. The Morgan fingerprint density at radius 3 is 2.26 bits per heavy atom. The van der Waals surface area contributed by atoms with E-state index in [1.54, 1.807) is 24.3 Å². The van der Waals surface area contributed by atoms with Crippen LogP contribution in [0.4, 0.5) is 0 Å². The van der Waals surface area contributed by atoms with Crippen molar-refractivity contribution in [2.24, 2.45) is 11.7 Å². The summed E-state index contributed by atoms with van der Waals surface area (Å²) in [5, 5.41) is 3.92. The van der Waals surface area contributed by atoms with E-state index in [0.29, 0.717) is 23.0 Å². The van der Waals surface area contributed by atoms with Gasteiger partial charge in [-0.1, -0.05) is 42.8 Å². The molecule has 0 radical (unpaired) electrons. The molecule has 31 heavy (non-hydrogen) atoms. The summed E-state index contributed by atoms with van der Waals surface area (Å²) >= 11 is 5.93. The van der Waals surface area contributed by atoms with Crippen LogP contribution in [0.15, 0.2) is 48.5 Å². The molecule has 3 rings (SSSR count). The van der Waals surface area contributed by atoms with E-state index in [1.165, 1.54) is 11.1 Å². The molecule has 2 aromatic rings. The van der Waals surface area contributed by atoms with E-state index in [4.69, 9.17) is 17.3 Å². The van der Waals surface area contributed by atoms with Gasteiger partial charge in [-0.05, 0) is 67.0 Å². The molecule has 3 N–H and O–H groups in total. The molecule has 1 aliphatic carbocycles. The van der Waals surface area contributed by atoms with Gasteiger partial charge in [0.25, 0.3) is 5.91 Å². The van der Waals surface area contributed by atoms with Gasteiger partial charge in [-0.25, -0.2) is 0 Å². The fourth-order valence-electron chi connectivity index (χ4n) is 4.20. The van der Waals surface area contributed by atoms with E-state index in [0.717, 1.165) is 32.2 Å². The maximum Gasteiger partial charge on any atom is 0.253 e. The van der Waals surface area contributed by atoms with Crippen molar-refractivity contribution in [2.45, 2.75) is 51.1 Å². The van der Waals surface area contributed by atoms with Crippen LogP contribution in [0.3, 0.4) is 0 Å². The standard InChI is InChI=1S/C25H32ClN3O2/c1-17(24(27)30)15-28-16-18-3-5-19(6-4-18)20-9-13-23(14-10-20)29(2)25(31)21-7-11-22(26)12-8-21/h3-8,11-12,17,20,23,28H,9-10,13-16H2,1-2H3,(H2,27,30). The summed E-state index contributed by atoms with van der Waals surface area (Å²) in [5.41, 5.74) is 8.53. The monoisotopic (exact) mass is 441 g/mol. The second-order valence-corrected chi connectivity index (χ2v) is 9.04. The van der Waals surface area contributed by atoms with Gasteiger partial charge in [0.2, 0.25) is 5.91 Å². The maximum atomic E-state index is 12.8. The van der Waals surface area contributed by atoms with Crippen LogP contribution in [0.2, 0.25) is 5.02 Å². The van der Waals surface area contributed by atoms with E-state index < -0.39 is 0 Å². The van der Waals surface area contributed by atoms with Crippen LogP contribution in [0, 0.1) is 5.92 Å². The van der Waals surface area contributed by atoms with Crippen LogP contribution in [-0.2, 0) is 11.3 Å². The van der Waals surface area contributed by atoms with Gasteiger partial charge in [-0.15, -0.1) is 0 Å². The number of amides is 2. The number of nitrogens with two attached hydrogens (primary N) is 1. The largest absolute Gasteiger partial charge is 0.369 e. The lowest BCUT2D eigenvalue weighted by Crippen LogP contribution is -2.39. The summed E-state index contributed by atoms with van der Waals surface area (Å²) in [6.07, 6.45) is 4.18. The Morgan fingerprint density at radius 2 is 1.68 bits per heavy atom. The normalized spacial score (nSPS) is 19.6. The van der Waals surface area contributed by atoms with Crippen molar-refractivity contribution >= 4 is 23.4 Å². The number of hydrogen-bond acceptors (Lipinski definition) is 3. The van der Waals surface area contributed by atoms with Crippen LogP contribution >= 0.6 is 11.6 Å². The van der Waals surface area contributed by atoms with Gasteiger partial charge >= 0.3 is 0 Å². The average Bonchev–Trinajstić information content (AvgIpc) is 2.79. The number of nitrogens with zero attached hydrogens (tertiary/aromatic N) is 1. The predicted molar refractivity (Wildman–Crippen MR) is 125 cm³/mol. The zero-order chi connectivity index (χ0) is 22.4. The number of carbonyl (C=O) groups is 2. The molecule has 0 bridgehead atoms. The molecule has 1 saturated carbocycles. The first-order valence-electron chi connectivity index (χ1n) is 11.0. The average molecular weight is 442 g/mol. The van der Waals surface area contributed by atoms with E-state index in [9.17, 15) is 9.59 Å². The van der Waals surface area contributed by atoms with Crippen molar-refractivity contribution in [1.29, 1.82) is 0 Å². The summed E-state index contributed by atoms with van der Waals surface area (Å²) in [4.78, 5) is 25.8. The molecular weight excluding hydrogens is 410 g/mol. The van der Waals surface area contributed by atoms with Crippen LogP contribution < -0.4 is 11.1 Å². The van der Waals surface area contributed by atoms with Gasteiger partial charge < -0.3 is 16.0 Å². The smallest absolute Gasteiger partial charge is 0.253 e. The number of rotatable bonds is 8. The Bertz CT molecular complexity index is 875. The molecule has 0 aromatic heterocycles. The molecule has 1 atom stereocenters. The quantitative estimate of drug-likeness (QED) is 0.639. The lowest BCUT2D eigenvalue weighted by Gasteiger charge is -2.35. The van der Waals surface area contributed by atoms with Gasteiger partial charge in [0.05, 0.1) is 0 Å². The summed E-state index contributed by atoms with van der Waals surface area (Å²) in [6, 6.07) is 16.1. The molecule has 2 amide bonds. The molecule has 1 unspecified atom stereocenters. The minimum atomic E-state index is -0.279. The Hall–Kier alpha value is -2.37. The van der Waals surface area contributed by atoms with Crippen molar-refractivity contribution in [1.82, 2.24) is 10.2 Å². The molecule has 1 aliphatic rings. The lowest BCUT2D eigenvalue weighted by molar-refractivity contribution is -0.121. The predicted octanol–water partition coefficient (Wildman–Crippen LogP) is 4.35. The number of primary amides is 1. The number of carbonyl (C=O) groups excluding carboxylic acids is 2. The Morgan fingerprint density at radius 1 is 1.06 bits per heavy atom. The highest BCUT2D eigenvalue weighted by Crippen LogP contribution is 2.35. The third kappa shape index (κ3) is 6.31. The Balaban J connectivity index is 1.48. The van der Waals surface area contributed by atoms with Gasteiger partial charge in [-0.3, -0.25) is 9.59 Å². The summed E-state index contributed by atoms with van der Waals surface area (Å²) in [5.74, 6) is 0.146. The molecule has 0 saturated heterocycles. The van der Waals surface area contributed by atoms with E-state index >= 15 is 0 Å². The summed E-state index contributed by atoms with van der Waals surface area (Å²) < 4.78 is 0. The van der Waals surface area contributed by atoms with Crippen molar-refractivity contribution < 1.29 is 9.59 Å². The van der Waals surface area contributed by atoms with Crippen molar-refractivity contribution in [3.8, 4) is 0 Å². The first-order chi connectivity index (χ1) is 14.8. The van der Waals surface area contributed by atoms with Gasteiger partial charge in [-0.2, -0.15) is 0 Å². The molecule has 2 aromatic carbocycles. The zero-order valence-electron chi connectivity index (χ0n) is 18.3. The molecule has 6 heteroatoms. The zero-order valence-corrected chi connectivity index (χ0v) is 19.1. The molecule has 0 heterocycles. The molecular formula is C25H32ClN3O2. The molecule has 166 valence electrons. The minimum Gasteiger partial charge on any atom is -0.369 e. The third-order valence-electron chi connectivity index (χ3n) is 6.37. The van der Waals surface area contributed by atoms with Gasteiger partial charge in [0, 0.05) is 42.7 Å². The van der Waals surface area contributed by atoms with Gasteiger partial charge in [0.1, 0.15) is 0 Å². The number of benzene rings is 2. The van der Waals surface area contributed by atoms with E-state index in [-0.39, 0.29) is 23.8 Å². The maximum absolute atomic E-state index is 12.8. The second-order valence-electron chi connectivity index (χ2n) is 8.60. The summed E-state index contributed by atoms with van der Waals surface area (Å²) in [7, 11) is 1.91. The van der Waals surface area contributed by atoms with E-state index in [1.807, 2.05) is 18.9 Å². The molecule has 0 aliphatic heterocycles. The topological polar surface area (TPSA) is 75.4 Å². The Labute approximate surface area is 190 Å². The highest BCUT2D eigenvalue weighted by molar-refractivity contribution is 6.30. The number of hydrogen-bond donors (Lipinski definition) is 2. The first kappa shape index (κ1) is 23.3. The van der Waals surface area contributed by atoms with Crippen LogP contribution in [-0.4, -0.2) is 36.3 Å². The lowest BCUT2D eigenvalue weighted by atomic mass is 9.81. The number of nitrogens with one attached hydrogen (secondary N) is 1. The molecule has 1 fully saturated rings. The fraction of sp³-hybridized carbons (Fsp3) is 0.440. The Kier molecular flexibility index (Phi) is 8.10. The molecule has 5 nitrogen and oxygen atoms in total. The highest BCUT2D eigenvalue weighted by atomic mass is 35.5. The van der Waals surface area contributed by atoms with Crippen LogP contribution in [0.5, 0.6) is 0 Å². The van der Waals surface area contributed by atoms with Crippen LogP contribution in [0.25, 0.3) is 0 Å². The highest BCUT2D eigenvalue weighted by Gasteiger charge is 2.27. The van der Waals surface area contributed by atoms with Crippen molar-refractivity contribution in [2.75, 3.05) is 13.6 Å². The van der Waals surface area contributed by atoms with Gasteiger partial charge in [0.15, 0.2) is 0 Å². The second kappa shape index (κ2) is 10.8. The van der Waals surface area contributed by atoms with Crippen molar-refractivity contribution in [3.63, 3.8) is 0 Å². The SMILES string of the molecule is CC(CNCc1ccc(C2CCC(N(C)C(=O)c3ccc(Cl)cc3)CC2)cc1)C(N)=O. The first-order valence-corrected chi connectivity index (χ1v) is 11.3. The van der Waals surface area contributed by atoms with Crippen LogP contribution in [0.1, 0.15) is 60.0 Å². The minimum absolute atomic E-state index is 0.0580. The fourth-order valence-corrected chi connectivity index (χ4v) is 4.33. The van der Waals surface area contributed by atoms with Crippen molar-refractivity contribution in [3.05, 3.63) is 70.2 Å². The third-order valence-corrected chi connectivity index (χ3v) is 6.62.